The third-order valence-corrected chi connectivity index (χ3v) is 3.89. The molecule has 0 saturated heterocycles. The fourth-order valence-corrected chi connectivity index (χ4v) is 2.72. The van der Waals surface area contributed by atoms with E-state index in [1.807, 2.05) is 24.3 Å². The lowest BCUT2D eigenvalue weighted by atomic mass is 10.1. The smallest absolute Gasteiger partial charge is 0.317 e. The molecule has 0 fully saturated rings. The van der Waals surface area contributed by atoms with E-state index in [-0.39, 0.29) is 5.56 Å². The van der Waals surface area contributed by atoms with Crippen molar-refractivity contribution in [2.24, 2.45) is 11.5 Å². The number of amides is 3. The monoisotopic (exact) mass is 313 g/mol. The maximum atomic E-state index is 11.3. The number of carbonyl (C=O) groups is 2. The Morgan fingerprint density at radius 1 is 1.18 bits per heavy atom. The number of hydrogen-bond donors (Lipinski definition) is 3. The number of anilines is 1. The van der Waals surface area contributed by atoms with Crippen LogP contribution in [0.3, 0.4) is 0 Å². The Labute approximate surface area is 132 Å². The highest BCUT2D eigenvalue weighted by Crippen LogP contribution is 2.27. The summed E-state index contributed by atoms with van der Waals surface area (Å²) in [6, 6.07) is 8.72. The van der Waals surface area contributed by atoms with Crippen molar-refractivity contribution in [2.75, 3.05) is 5.32 Å². The molecule has 1 heterocycles. The number of primary amides is 2. The van der Waals surface area contributed by atoms with Gasteiger partial charge in [0.2, 0.25) is 0 Å². The number of benzene rings is 1. The number of rotatable bonds is 3. The zero-order chi connectivity index (χ0) is 16.1. The molecule has 3 amide bonds. The molecule has 0 bridgehead atoms. The summed E-state index contributed by atoms with van der Waals surface area (Å²) in [5, 5.41) is 2.69. The summed E-state index contributed by atoms with van der Waals surface area (Å²) in [6.07, 6.45) is 0.975. The van der Waals surface area contributed by atoms with Gasteiger partial charge < -0.3 is 11.5 Å². The van der Waals surface area contributed by atoms with Gasteiger partial charge in [-0.25, -0.2) is 4.79 Å². The number of hydrogen-bond acceptors (Lipinski definition) is 3. The van der Waals surface area contributed by atoms with Gasteiger partial charge in [0.05, 0.1) is 10.4 Å². The average Bonchev–Trinajstić information content (AvgIpc) is 2.88. The van der Waals surface area contributed by atoms with Crippen molar-refractivity contribution >= 4 is 28.3 Å². The van der Waals surface area contributed by atoms with Crippen LogP contribution >= 0.6 is 11.3 Å². The number of nitrogens with two attached hydrogens (primary N) is 2. The maximum absolute atomic E-state index is 11.3. The van der Waals surface area contributed by atoms with E-state index in [0.717, 1.165) is 23.3 Å². The molecule has 22 heavy (non-hydrogen) atoms. The molecule has 0 spiro atoms. The third-order valence-electron chi connectivity index (χ3n) is 2.93. The second-order valence-electron chi connectivity index (χ2n) is 4.51. The number of thiophene rings is 1. The van der Waals surface area contributed by atoms with Crippen LogP contribution in [0.5, 0.6) is 0 Å². The van der Waals surface area contributed by atoms with Gasteiger partial charge in [0.15, 0.2) is 0 Å². The second-order valence-corrected chi connectivity index (χ2v) is 5.56. The molecule has 0 saturated carbocycles. The molecule has 2 aromatic rings. The van der Waals surface area contributed by atoms with E-state index in [0.29, 0.717) is 9.88 Å². The SMILES string of the molecule is CCc1ccc(C#Cc2cc(C(N)=O)c(NC(N)=O)s2)cc1. The summed E-state index contributed by atoms with van der Waals surface area (Å²) in [4.78, 5) is 22.9. The summed E-state index contributed by atoms with van der Waals surface area (Å²) < 4.78 is 0. The van der Waals surface area contributed by atoms with Crippen molar-refractivity contribution in [2.45, 2.75) is 13.3 Å². The van der Waals surface area contributed by atoms with Gasteiger partial charge in [0, 0.05) is 5.56 Å². The van der Waals surface area contributed by atoms with Gasteiger partial charge in [-0.1, -0.05) is 30.9 Å². The van der Waals surface area contributed by atoms with E-state index in [1.165, 1.54) is 5.56 Å². The first-order valence-electron chi connectivity index (χ1n) is 6.60. The molecular formula is C16H15N3O2S. The molecule has 6 heteroatoms. The van der Waals surface area contributed by atoms with Gasteiger partial charge in [0.1, 0.15) is 5.00 Å². The molecule has 0 aliphatic carbocycles. The fraction of sp³-hybridized carbons (Fsp3) is 0.125. The lowest BCUT2D eigenvalue weighted by molar-refractivity contribution is 0.100. The van der Waals surface area contributed by atoms with Crippen molar-refractivity contribution in [3.63, 3.8) is 0 Å². The highest BCUT2D eigenvalue weighted by molar-refractivity contribution is 7.17. The molecule has 0 aliphatic rings. The van der Waals surface area contributed by atoms with Gasteiger partial charge in [-0.15, -0.1) is 11.3 Å². The normalized spacial score (nSPS) is 9.68. The lowest BCUT2D eigenvalue weighted by Gasteiger charge is -1.98. The summed E-state index contributed by atoms with van der Waals surface area (Å²) in [5.41, 5.74) is 12.6. The molecule has 0 atom stereocenters. The summed E-state index contributed by atoms with van der Waals surface area (Å²) in [5.74, 6) is 5.33. The molecule has 5 nitrogen and oxygen atoms in total. The number of aryl methyl sites for hydroxylation is 1. The van der Waals surface area contributed by atoms with Crippen molar-refractivity contribution < 1.29 is 9.59 Å². The van der Waals surface area contributed by atoms with E-state index in [1.54, 1.807) is 6.07 Å². The second kappa shape index (κ2) is 6.78. The minimum Gasteiger partial charge on any atom is -0.366 e. The Kier molecular flexibility index (Phi) is 4.81. The van der Waals surface area contributed by atoms with E-state index in [2.05, 4.69) is 24.1 Å². The fourth-order valence-electron chi connectivity index (χ4n) is 1.80. The quantitative estimate of drug-likeness (QED) is 0.758. The first-order chi connectivity index (χ1) is 10.5. The van der Waals surface area contributed by atoms with E-state index in [9.17, 15) is 9.59 Å². The molecular weight excluding hydrogens is 298 g/mol. The Bertz CT molecular complexity index is 767. The highest BCUT2D eigenvalue weighted by Gasteiger charge is 2.14. The summed E-state index contributed by atoms with van der Waals surface area (Å²) in [6.45, 7) is 2.09. The van der Waals surface area contributed by atoms with Gasteiger partial charge in [0.25, 0.3) is 5.91 Å². The molecule has 5 N–H and O–H groups in total. The van der Waals surface area contributed by atoms with E-state index in [4.69, 9.17) is 11.5 Å². The predicted molar refractivity (Wildman–Crippen MR) is 87.8 cm³/mol. The van der Waals surface area contributed by atoms with Crippen molar-refractivity contribution in [1.82, 2.24) is 0 Å². The van der Waals surface area contributed by atoms with Gasteiger partial charge in [-0.05, 0) is 30.2 Å². The summed E-state index contributed by atoms with van der Waals surface area (Å²) in [7, 11) is 0. The largest absolute Gasteiger partial charge is 0.366 e. The Balaban J connectivity index is 2.27. The van der Waals surface area contributed by atoms with Crippen molar-refractivity contribution in [3.05, 3.63) is 51.9 Å². The predicted octanol–water partition coefficient (Wildman–Crippen LogP) is 2.30. The van der Waals surface area contributed by atoms with E-state index >= 15 is 0 Å². The van der Waals surface area contributed by atoms with Crippen LogP contribution < -0.4 is 16.8 Å². The summed E-state index contributed by atoms with van der Waals surface area (Å²) >= 11 is 1.16. The van der Waals surface area contributed by atoms with Crippen LogP contribution in [0.1, 0.15) is 33.3 Å². The molecule has 1 aromatic heterocycles. The molecule has 0 radical (unpaired) electrons. The topological polar surface area (TPSA) is 98.2 Å². The van der Waals surface area contributed by atoms with Crippen molar-refractivity contribution in [1.29, 1.82) is 0 Å². The number of nitrogens with one attached hydrogen (secondary N) is 1. The van der Waals surface area contributed by atoms with Crippen LogP contribution in [-0.4, -0.2) is 11.9 Å². The molecule has 0 aliphatic heterocycles. The van der Waals surface area contributed by atoms with Crippen molar-refractivity contribution in [3.8, 4) is 11.8 Å². The number of carbonyl (C=O) groups excluding carboxylic acids is 2. The Morgan fingerprint density at radius 3 is 2.41 bits per heavy atom. The van der Waals surface area contributed by atoms with Crippen LogP contribution in [0.15, 0.2) is 30.3 Å². The Morgan fingerprint density at radius 2 is 1.86 bits per heavy atom. The lowest BCUT2D eigenvalue weighted by Crippen LogP contribution is -2.21. The van der Waals surface area contributed by atoms with Crippen LogP contribution in [0.25, 0.3) is 0 Å². The van der Waals surface area contributed by atoms with Crippen LogP contribution in [-0.2, 0) is 6.42 Å². The standard InChI is InChI=1S/C16H15N3O2S/c1-2-10-3-5-11(6-4-10)7-8-12-9-13(14(17)20)15(22-12)19-16(18)21/h3-6,9H,2H2,1H3,(H2,17,20)(H3,18,19,21). The highest BCUT2D eigenvalue weighted by atomic mass is 32.1. The first-order valence-corrected chi connectivity index (χ1v) is 7.42. The van der Waals surface area contributed by atoms with Gasteiger partial charge >= 0.3 is 6.03 Å². The minimum absolute atomic E-state index is 0.203. The first kappa shape index (κ1) is 15.6. The van der Waals surface area contributed by atoms with E-state index < -0.39 is 11.9 Å². The van der Waals surface area contributed by atoms with Gasteiger partial charge in [-0.2, -0.15) is 0 Å². The van der Waals surface area contributed by atoms with Crippen LogP contribution in [0, 0.1) is 11.8 Å². The number of urea groups is 1. The molecule has 1 aromatic carbocycles. The molecule has 112 valence electrons. The average molecular weight is 313 g/mol. The Hall–Kier alpha value is -2.78. The molecule has 2 rings (SSSR count). The van der Waals surface area contributed by atoms with Gasteiger partial charge in [-0.3, -0.25) is 10.1 Å². The van der Waals surface area contributed by atoms with Crippen LogP contribution in [0.2, 0.25) is 0 Å². The minimum atomic E-state index is -0.751. The van der Waals surface area contributed by atoms with Crippen LogP contribution in [0.4, 0.5) is 9.80 Å². The third kappa shape index (κ3) is 3.87. The zero-order valence-electron chi connectivity index (χ0n) is 12.0. The maximum Gasteiger partial charge on any atom is 0.317 e. The molecule has 0 unspecified atom stereocenters. The zero-order valence-corrected chi connectivity index (χ0v) is 12.8.